The van der Waals surface area contributed by atoms with Crippen LogP contribution in [0.15, 0.2) is 24.3 Å². The largest absolute Gasteiger partial charge is 0.389 e. The third-order valence-electron chi connectivity index (χ3n) is 3.94. The van der Waals surface area contributed by atoms with Crippen LogP contribution in [0.5, 0.6) is 0 Å². The van der Waals surface area contributed by atoms with Crippen molar-refractivity contribution in [1.82, 2.24) is 4.90 Å². The van der Waals surface area contributed by atoms with E-state index in [2.05, 4.69) is 36.0 Å². The minimum absolute atomic E-state index is 0.376. The second-order valence-electron chi connectivity index (χ2n) is 5.45. The van der Waals surface area contributed by atoms with Crippen molar-refractivity contribution >= 4 is 5.69 Å². The Morgan fingerprint density at radius 1 is 1.17 bits per heavy atom. The van der Waals surface area contributed by atoms with E-state index in [4.69, 9.17) is 0 Å². The van der Waals surface area contributed by atoms with E-state index in [0.717, 1.165) is 24.7 Å². The summed E-state index contributed by atoms with van der Waals surface area (Å²) in [6.07, 6.45) is 2.08. The van der Waals surface area contributed by atoms with Crippen molar-refractivity contribution in [2.24, 2.45) is 0 Å². The Bertz CT molecular complexity index is 365. The van der Waals surface area contributed by atoms with Crippen LogP contribution < -0.4 is 4.90 Å². The zero-order valence-electron chi connectivity index (χ0n) is 11.6. The van der Waals surface area contributed by atoms with E-state index in [0.29, 0.717) is 0 Å². The molecular weight excluding hydrogens is 224 g/mol. The molecule has 1 aromatic carbocycles. The predicted molar refractivity (Wildman–Crippen MR) is 76.0 cm³/mol. The molecule has 0 aromatic heterocycles. The molecule has 3 heteroatoms. The van der Waals surface area contributed by atoms with Gasteiger partial charge in [0, 0.05) is 24.8 Å². The Kier molecular flexibility index (Phi) is 4.25. The third-order valence-corrected chi connectivity index (χ3v) is 3.94. The monoisotopic (exact) mass is 248 g/mol. The first-order valence-corrected chi connectivity index (χ1v) is 6.77. The van der Waals surface area contributed by atoms with Gasteiger partial charge < -0.3 is 14.9 Å². The van der Waals surface area contributed by atoms with Gasteiger partial charge in [0.25, 0.3) is 0 Å². The van der Waals surface area contributed by atoms with E-state index in [-0.39, 0.29) is 6.10 Å². The molecule has 18 heavy (non-hydrogen) atoms. The maximum Gasteiger partial charge on any atom is 0.0761 e. The lowest BCUT2D eigenvalue weighted by Crippen LogP contribution is -2.41. The molecule has 1 heterocycles. The fraction of sp³-hybridized carbons (Fsp3) is 0.600. The summed E-state index contributed by atoms with van der Waals surface area (Å²) in [5.74, 6) is 0. The zero-order chi connectivity index (χ0) is 13.1. The van der Waals surface area contributed by atoms with Crippen LogP contribution in [-0.2, 0) is 0 Å². The predicted octanol–water partition coefficient (Wildman–Crippen LogP) is 2.27. The van der Waals surface area contributed by atoms with Crippen molar-refractivity contribution in [3.05, 3.63) is 29.8 Å². The van der Waals surface area contributed by atoms with Crippen molar-refractivity contribution in [2.75, 3.05) is 32.1 Å². The Morgan fingerprint density at radius 3 is 2.17 bits per heavy atom. The highest BCUT2D eigenvalue weighted by atomic mass is 16.3. The summed E-state index contributed by atoms with van der Waals surface area (Å²) in [5.41, 5.74) is 2.26. The molecule has 1 unspecified atom stereocenters. The number of aliphatic hydroxyl groups excluding tert-OH is 1. The molecule has 0 aliphatic carbocycles. The number of anilines is 1. The van der Waals surface area contributed by atoms with Crippen LogP contribution >= 0.6 is 0 Å². The van der Waals surface area contributed by atoms with E-state index in [1.165, 1.54) is 18.5 Å². The molecule has 1 atom stereocenters. The van der Waals surface area contributed by atoms with Crippen LogP contribution in [0.1, 0.15) is 31.4 Å². The minimum Gasteiger partial charge on any atom is -0.389 e. The molecule has 1 N–H and O–H groups in total. The highest BCUT2D eigenvalue weighted by molar-refractivity contribution is 5.48. The van der Waals surface area contributed by atoms with Crippen LogP contribution in [-0.4, -0.2) is 43.2 Å². The van der Waals surface area contributed by atoms with Crippen LogP contribution in [0.3, 0.4) is 0 Å². The van der Waals surface area contributed by atoms with Gasteiger partial charge in [-0.15, -0.1) is 0 Å². The standard InChI is InChI=1S/C15H24N2O/c1-12(18)13-4-6-15(7-5-13)17-10-8-14(9-11-17)16(2)3/h4-7,12,14,18H,8-11H2,1-3H3. The maximum absolute atomic E-state index is 9.50. The van der Waals surface area contributed by atoms with E-state index >= 15 is 0 Å². The van der Waals surface area contributed by atoms with Crippen molar-refractivity contribution in [1.29, 1.82) is 0 Å². The molecule has 0 spiro atoms. The molecule has 2 rings (SSSR count). The number of rotatable bonds is 3. The van der Waals surface area contributed by atoms with E-state index in [9.17, 15) is 5.11 Å². The molecule has 3 nitrogen and oxygen atoms in total. The summed E-state index contributed by atoms with van der Waals surface area (Å²) in [6, 6.07) is 9.02. The van der Waals surface area contributed by atoms with Crippen molar-refractivity contribution in [2.45, 2.75) is 31.9 Å². The van der Waals surface area contributed by atoms with Gasteiger partial charge in [-0.3, -0.25) is 0 Å². The second-order valence-corrected chi connectivity index (χ2v) is 5.45. The Hall–Kier alpha value is -1.06. The fourth-order valence-corrected chi connectivity index (χ4v) is 2.60. The van der Waals surface area contributed by atoms with Crippen LogP contribution in [0, 0.1) is 0 Å². The summed E-state index contributed by atoms with van der Waals surface area (Å²) in [4.78, 5) is 4.76. The first-order chi connectivity index (χ1) is 8.58. The zero-order valence-corrected chi connectivity index (χ0v) is 11.6. The van der Waals surface area contributed by atoms with Gasteiger partial charge in [0.05, 0.1) is 6.10 Å². The number of benzene rings is 1. The van der Waals surface area contributed by atoms with E-state index < -0.39 is 0 Å². The summed E-state index contributed by atoms with van der Waals surface area (Å²) in [6.45, 7) is 4.05. The lowest BCUT2D eigenvalue weighted by Gasteiger charge is -2.36. The highest BCUT2D eigenvalue weighted by Crippen LogP contribution is 2.23. The SMILES string of the molecule is CC(O)c1ccc(N2CCC(N(C)C)CC2)cc1. The molecule has 0 saturated carbocycles. The van der Waals surface area contributed by atoms with Crippen molar-refractivity contribution in [3.8, 4) is 0 Å². The number of piperidine rings is 1. The van der Waals surface area contributed by atoms with Gasteiger partial charge >= 0.3 is 0 Å². The summed E-state index contributed by atoms with van der Waals surface area (Å²) in [5, 5.41) is 9.50. The van der Waals surface area contributed by atoms with Crippen molar-refractivity contribution in [3.63, 3.8) is 0 Å². The molecule has 0 radical (unpaired) electrons. The molecule has 1 aliphatic heterocycles. The van der Waals surface area contributed by atoms with E-state index in [1.54, 1.807) is 6.92 Å². The normalized spacial score (nSPS) is 19.3. The smallest absolute Gasteiger partial charge is 0.0761 e. The highest BCUT2D eigenvalue weighted by Gasteiger charge is 2.20. The third kappa shape index (κ3) is 3.03. The number of nitrogens with zero attached hydrogens (tertiary/aromatic N) is 2. The molecule has 1 fully saturated rings. The molecule has 1 aromatic rings. The summed E-state index contributed by atoms with van der Waals surface area (Å²) >= 11 is 0. The molecule has 100 valence electrons. The quantitative estimate of drug-likeness (QED) is 0.889. The average molecular weight is 248 g/mol. The van der Waals surface area contributed by atoms with Gasteiger partial charge in [0.1, 0.15) is 0 Å². The summed E-state index contributed by atoms with van der Waals surface area (Å²) in [7, 11) is 4.33. The molecular formula is C15H24N2O. The Balaban J connectivity index is 1.97. The van der Waals surface area contributed by atoms with Gasteiger partial charge in [-0.25, -0.2) is 0 Å². The van der Waals surface area contributed by atoms with E-state index in [1.807, 2.05) is 12.1 Å². The number of aliphatic hydroxyl groups is 1. The topological polar surface area (TPSA) is 26.7 Å². The van der Waals surface area contributed by atoms with Crippen LogP contribution in [0.2, 0.25) is 0 Å². The number of hydrogen-bond acceptors (Lipinski definition) is 3. The van der Waals surface area contributed by atoms with Crippen LogP contribution in [0.4, 0.5) is 5.69 Å². The van der Waals surface area contributed by atoms with Gasteiger partial charge in [-0.2, -0.15) is 0 Å². The van der Waals surface area contributed by atoms with Gasteiger partial charge in [-0.1, -0.05) is 12.1 Å². The molecule has 0 amide bonds. The van der Waals surface area contributed by atoms with Gasteiger partial charge in [0.15, 0.2) is 0 Å². The molecule has 0 bridgehead atoms. The van der Waals surface area contributed by atoms with Crippen molar-refractivity contribution < 1.29 is 5.11 Å². The lowest BCUT2D eigenvalue weighted by atomic mass is 10.0. The molecule has 1 aliphatic rings. The first-order valence-electron chi connectivity index (χ1n) is 6.77. The van der Waals surface area contributed by atoms with Gasteiger partial charge in [0.2, 0.25) is 0 Å². The Morgan fingerprint density at radius 2 is 1.72 bits per heavy atom. The minimum atomic E-state index is -0.376. The van der Waals surface area contributed by atoms with Gasteiger partial charge in [-0.05, 0) is 51.6 Å². The summed E-state index contributed by atoms with van der Waals surface area (Å²) < 4.78 is 0. The van der Waals surface area contributed by atoms with Crippen LogP contribution in [0.25, 0.3) is 0 Å². The lowest BCUT2D eigenvalue weighted by molar-refractivity contribution is 0.199. The Labute approximate surface area is 110 Å². The second kappa shape index (κ2) is 5.72. The molecule has 1 saturated heterocycles. The maximum atomic E-state index is 9.50. The first kappa shape index (κ1) is 13.4. The average Bonchev–Trinajstić information content (AvgIpc) is 2.39. The fourth-order valence-electron chi connectivity index (χ4n) is 2.60. The number of hydrogen-bond donors (Lipinski definition) is 1.